The van der Waals surface area contributed by atoms with Crippen molar-refractivity contribution in [2.45, 2.75) is 0 Å². The number of fused-ring (bicyclic) bond motifs is 1. The first-order valence-corrected chi connectivity index (χ1v) is 10.7. The Morgan fingerprint density at radius 3 is 2.45 bits per heavy atom. The van der Waals surface area contributed by atoms with Crippen LogP contribution in [0.3, 0.4) is 0 Å². The quantitative estimate of drug-likeness (QED) is 0.538. The number of carbonyl (C=O) groups is 4. The number of methoxy groups -OCH3 is 1. The molecule has 9 heteroatoms. The molecular weight excluding hydrogens is 442 g/mol. The van der Waals surface area contributed by atoms with Gasteiger partial charge in [0.1, 0.15) is 12.3 Å². The summed E-state index contributed by atoms with van der Waals surface area (Å²) in [5.41, 5.74) is 1.09. The second-order valence-corrected chi connectivity index (χ2v) is 8.05. The SMILES string of the molecule is COc1ccc(NC(=O)/C=C2/SC(=O)N(CC(=O)Nc3cccc4ccccc34)C2=O)cc1. The molecule has 166 valence electrons. The van der Waals surface area contributed by atoms with Gasteiger partial charge in [0.25, 0.3) is 11.1 Å². The smallest absolute Gasteiger partial charge is 0.294 e. The Morgan fingerprint density at radius 2 is 1.70 bits per heavy atom. The second-order valence-electron chi connectivity index (χ2n) is 7.06. The molecule has 0 unspecified atom stereocenters. The number of hydrogen-bond acceptors (Lipinski definition) is 6. The Morgan fingerprint density at radius 1 is 0.970 bits per heavy atom. The van der Waals surface area contributed by atoms with Crippen LogP contribution in [0.4, 0.5) is 16.2 Å². The van der Waals surface area contributed by atoms with Crippen LogP contribution in [-0.2, 0) is 14.4 Å². The van der Waals surface area contributed by atoms with Crippen LogP contribution >= 0.6 is 11.8 Å². The van der Waals surface area contributed by atoms with Crippen LogP contribution in [0.1, 0.15) is 0 Å². The van der Waals surface area contributed by atoms with E-state index in [1.807, 2.05) is 36.4 Å². The molecule has 3 aromatic rings. The van der Waals surface area contributed by atoms with Gasteiger partial charge in [0.15, 0.2) is 0 Å². The number of carbonyl (C=O) groups excluding carboxylic acids is 4. The summed E-state index contributed by atoms with van der Waals surface area (Å²) in [6.45, 7) is -0.453. The molecule has 4 amide bonds. The number of hydrogen-bond donors (Lipinski definition) is 2. The molecule has 1 aliphatic rings. The zero-order valence-corrected chi connectivity index (χ0v) is 18.3. The van der Waals surface area contributed by atoms with Crippen molar-refractivity contribution in [3.63, 3.8) is 0 Å². The van der Waals surface area contributed by atoms with Crippen LogP contribution in [0.2, 0.25) is 0 Å². The molecule has 0 aromatic heterocycles. The number of nitrogens with one attached hydrogen (secondary N) is 2. The summed E-state index contributed by atoms with van der Waals surface area (Å²) < 4.78 is 5.06. The Bertz CT molecular complexity index is 1280. The van der Waals surface area contributed by atoms with E-state index in [1.54, 1.807) is 30.3 Å². The molecule has 33 heavy (non-hydrogen) atoms. The highest BCUT2D eigenvalue weighted by atomic mass is 32.2. The van der Waals surface area contributed by atoms with Gasteiger partial charge < -0.3 is 15.4 Å². The lowest BCUT2D eigenvalue weighted by Gasteiger charge is -2.13. The van der Waals surface area contributed by atoms with E-state index in [1.165, 1.54) is 7.11 Å². The number of imide groups is 1. The van der Waals surface area contributed by atoms with E-state index in [0.717, 1.165) is 21.7 Å². The van der Waals surface area contributed by atoms with Gasteiger partial charge in [-0.15, -0.1) is 0 Å². The van der Waals surface area contributed by atoms with E-state index >= 15 is 0 Å². The van der Waals surface area contributed by atoms with Gasteiger partial charge in [0.05, 0.1) is 12.0 Å². The van der Waals surface area contributed by atoms with Crippen molar-refractivity contribution in [3.05, 3.63) is 77.7 Å². The van der Waals surface area contributed by atoms with Crippen LogP contribution < -0.4 is 15.4 Å². The highest BCUT2D eigenvalue weighted by Crippen LogP contribution is 2.31. The van der Waals surface area contributed by atoms with E-state index in [2.05, 4.69) is 10.6 Å². The monoisotopic (exact) mass is 461 g/mol. The fraction of sp³-hybridized carbons (Fsp3) is 0.0833. The molecule has 1 fully saturated rings. The minimum Gasteiger partial charge on any atom is -0.497 e. The fourth-order valence-electron chi connectivity index (χ4n) is 3.28. The lowest BCUT2D eigenvalue weighted by molar-refractivity contribution is -0.127. The van der Waals surface area contributed by atoms with Crippen LogP contribution in [0, 0.1) is 0 Å². The molecule has 0 aliphatic carbocycles. The molecule has 0 spiro atoms. The minimum absolute atomic E-state index is 0.0519. The van der Waals surface area contributed by atoms with Crippen LogP contribution in [0.15, 0.2) is 77.7 Å². The number of ether oxygens (including phenoxy) is 1. The lowest BCUT2D eigenvalue weighted by Crippen LogP contribution is -2.36. The van der Waals surface area contributed by atoms with E-state index in [4.69, 9.17) is 4.74 Å². The van der Waals surface area contributed by atoms with Crippen molar-refractivity contribution in [3.8, 4) is 5.75 Å². The average Bonchev–Trinajstić information content (AvgIpc) is 3.07. The third-order valence-electron chi connectivity index (χ3n) is 4.86. The van der Waals surface area contributed by atoms with E-state index < -0.39 is 29.5 Å². The highest BCUT2D eigenvalue weighted by molar-refractivity contribution is 8.18. The maximum absolute atomic E-state index is 12.6. The number of rotatable bonds is 6. The minimum atomic E-state index is -0.692. The van der Waals surface area contributed by atoms with Gasteiger partial charge in [-0.2, -0.15) is 0 Å². The maximum atomic E-state index is 12.6. The summed E-state index contributed by atoms with van der Waals surface area (Å²) in [6, 6.07) is 19.7. The molecular formula is C24H19N3O5S. The Labute approximate surface area is 193 Å². The van der Waals surface area contributed by atoms with Crippen molar-refractivity contribution in [1.82, 2.24) is 4.90 Å². The van der Waals surface area contributed by atoms with Gasteiger partial charge in [-0.1, -0.05) is 36.4 Å². The standard InChI is InChI=1S/C24H19N3O5S/c1-32-17-11-9-16(10-12-17)25-21(28)13-20-23(30)27(24(31)33-20)14-22(29)26-19-8-4-6-15-5-2-3-7-18(15)19/h2-13H,14H2,1H3,(H,25,28)(H,26,29)/b20-13+. The molecule has 0 bridgehead atoms. The third-order valence-corrected chi connectivity index (χ3v) is 5.77. The average molecular weight is 461 g/mol. The van der Waals surface area contributed by atoms with Gasteiger partial charge in [-0.05, 0) is 47.5 Å². The third kappa shape index (κ3) is 5.04. The largest absolute Gasteiger partial charge is 0.497 e. The maximum Gasteiger partial charge on any atom is 0.294 e. The lowest BCUT2D eigenvalue weighted by atomic mass is 10.1. The molecule has 0 saturated carbocycles. The topological polar surface area (TPSA) is 105 Å². The first-order chi connectivity index (χ1) is 15.9. The predicted molar refractivity (Wildman–Crippen MR) is 127 cm³/mol. The summed E-state index contributed by atoms with van der Waals surface area (Å²) in [6.07, 6.45) is 1.05. The summed E-state index contributed by atoms with van der Waals surface area (Å²) in [7, 11) is 1.53. The van der Waals surface area contributed by atoms with Crippen LogP contribution in [0.5, 0.6) is 5.75 Å². The first kappa shape index (κ1) is 22.1. The molecule has 3 aromatic carbocycles. The van der Waals surface area contributed by atoms with E-state index in [-0.39, 0.29) is 4.91 Å². The van der Waals surface area contributed by atoms with Crippen LogP contribution in [-0.4, -0.2) is 41.5 Å². The van der Waals surface area contributed by atoms with Crippen molar-refractivity contribution in [1.29, 1.82) is 0 Å². The molecule has 8 nitrogen and oxygen atoms in total. The molecule has 0 radical (unpaired) electrons. The Balaban J connectivity index is 1.41. The molecule has 1 saturated heterocycles. The fourth-order valence-corrected chi connectivity index (χ4v) is 4.09. The van der Waals surface area contributed by atoms with Crippen molar-refractivity contribution >= 4 is 56.9 Å². The number of nitrogens with zero attached hydrogens (tertiary/aromatic N) is 1. The molecule has 1 heterocycles. The summed E-state index contributed by atoms with van der Waals surface area (Å²) in [5, 5.41) is 6.54. The molecule has 0 atom stereocenters. The second kappa shape index (κ2) is 9.58. The number of benzene rings is 3. The van der Waals surface area contributed by atoms with Gasteiger partial charge in [-0.25, -0.2) is 0 Å². The van der Waals surface area contributed by atoms with E-state index in [9.17, 15) is 19.2 Å². The number of amides is 4. The normalized spacial score (nSPS) is 14.6. The van der Waals surface area contributed by atoms with Gasteiger partial charge in [0.2, 0.25) is 11.8 Å². The van der Waals surface area contributed by atoms with Crippen LogP contribution in [0.25, 0.3) is 10.8 Å². The Hall–Kier alpha value is -4.11. The zero-order valence-electron chi connectivity index (χ0n) is 17.5. The molecule has 4 rings (SSSR count). The van der Waals surface area contributed by atoms with E-state index in [0.29, 0.717) is 28.9 Å². The van der Waals surface area contributed by atoms with Crippen molar-refractivity contribution in [2.75, 3.05) is 24.3 Å². The summed E-state index contributed by atoms with van der Waals surface area (Å²) in [4.78, 5) is 50.5. The van der Waals surface area contributed by atoms with Gasteiger partial charge in [0, 0.05) is 22.8 Å². The van der Waals surface area contributed by atoms with Gasteiger partial charge >= 0.3 is 0 Å². The summed E-state index contributed by atoms with van der Waals surface area (Å²) >= 11 is 0.615. The highest BCUT2D eigenvalue weighted by Gasteiger charge is 2.36. The van der Waals surface area contributed by atoms with Crippen molar-refractivity contribution < 1.29 is 23.9 Å². The molecule has 2 N–H and O–H groups in total. The number of thioether (sulfide) groups is 1. The Kier molecular flexibility index (Phi) is 6.41. The zero-order chi connectivity index (χ0) is 23.4. The van der Waals surface area contributed by atoms with Crippen molar-refractivity contribution in [2.24, 2.45) is 0 Å². The summed E-state index contributed by atoms with van der Waals surface area (Å²) in [5.74, 6) is -1.14. The predicted octanol–water partition coefficient (Wildman–Crippen LogP) is 4.00. The first-order valence-electron chi connectivity index (χ1n) is 9.92. The molecule has 1 aliphatic heterocycles. The van der Waals surface area contributed by atoms with Gasteiger partial charge in [-0.3, -0.25) is 24.1 Å². The number of anilines is 2.